The highest BCUT2D eigenvalue weighted by Crippen LogP contribution is 2.29. The number of fused-ring (bicyclic) bond motifs is 1. The Labute approximate surface area is 129 Å². The summed E-state index contributed by atoms with van der Waals surface area (Å²) >= 11 is 1.76. The van der Waals surface area contributed by atoms with Crippen LogP contribution in [0.15, 0.2) is 29.6 Å². The fourth-order valence-electron chi connectivity index (χ4n) is 3.09. The highest BCUT2D eigenvalue weighted by atomic mass is 32.1. The number of anilines is 1. The number of esters is 1. The zero-order chi connectivity index (χ0) is 14.7. The van der Waals surface area contributed by atoms with E-state index in [1.807, 2.05) is 6.92 Å². The van der Waals surface area contributed by atoms with Crippen LogP contribution in [0.3, 0.4) is 0 Å². The van der Waals surface area contributed by atoms with Crippen LogP contribution in [0, 0.1) is 5.92 Å². The van der Waals surface area contributed by atoms with Crippen LogP contribution in [0.2, 0.25) is 0 Å². The van der Waals surface area contributed by atoms with Crippen molar-refractivity contribution in [3.8, 4) is 0 Å². The largest absolute Gasteiger partial charge is 0.466 e. The van der Waals surface area contributed by atoms with Gasteiger partial charge in [0.15, 0.2) is 0 Å². The van der Waals surface area contributed by atoms with Crippen LogP contribution in [0.5, 0.6) is 0 Å². The van der Waals surface area contributed by atoms with Crippen molar-refractivity contribution >= 4 is 33.1 Å². The van der Waals surface area contributed by atoms with Gasteiger partial charge in [-0.3, -0.25) is 4.79 Å². The summed E-state index contributed by atoms with van der Waals surface area (Å²) in [6, 6.07) is 9.00. The number of carbonyl (C=O) groups excluding carboxylic acids is 1. The van der Waals surface area contributed by atoms with Crippen LogP contribution in [0.25, 0.3) is 10.1 Å². The average molecular weight is 303 g/mol. The summed E-state index contributed by atoms with van der Waals surface area (Å²) in [4.78, 5) is 11.9. The molecule has 1 aliphatic rings. The minimum atomic E-state index is -0.0303. The maximum Gasteiger partial charge on any atom is 0.308 e. The van der Waals surface area contributed by atoms with Crippen LogP contribution in [-0.2, 0) is 9.53 Å². The van der Waals surface area contributed by atoms with E-state index in [0.717, 1.165) is 31.4 Å². The molecule has 21 heavy (non-hydrogen) atoms. The molecule has 1 aromatic carbocycles. The van der Waals surface area contributed by atoms with Crippen LogP contribution < -0.4 is 5.32 Å². The Morgan fingerprint density at radius 1 is 1.38 bits per heavy atom. The van der Waals surface area contributed by atoms with E-state index in [-0.39, 0.29) is 11.9 Å². The molecular weight excluding hydrogens is 282 g/mol. The molecule has 2 atom stereocenters. The Morgan fingerprint density at radius 3 is 3.14 bits per heavy atom. The SMILES string of the molecule is CCOC(=O)C1CCCC(Nc2ccc3sccc3c2)C1. The molecule has 0 radical (unpaired) electrons. The van der Waals surface area contributed by atoms with E-state index in [1.165, 1.54) is 10.1 Å². The predicted octanol–water partition coefficient (Wildman–Crippen LogP) is 4.44. The molecule has 2 aromatic rings. The van der Waals surface area contributed by atoms with Crippen LogP contribution in [-0.4, -0.2) is 18.6 Å². The van der Waals surface area contributed by atoms with Gasteiger partial charge in [0.2, 0.25) is 0 Å². The highest BCUT2D eigenvalue weighted by molar-refractivity contribution is 7.17. The molecule has 1 aliphatic carbocycles. The van der Waals surface area contributed by atoms with Gasteiger partial charge in [0.1, 0.15) is 0 Å². The molecule has 1 N–H and O–H groups in total. The van der Waals surface area contributed by atoms with Gasteiger partial charge in [-0.2, -0.15) is 0 Å². The number of carbonyl (C=O) groups is 1. The molecular formula is C17H21NO2S. The van der Waals surface area contributed by atoms with Crippen molar-refractivity contribution in [3.63, 3.8) is 0 Å². The highest BCUT2D eigenvalue weighted by Gasteiger charge is 2.28. The molecule has 0 aliphatic heterocycles. The van der Waals surface area contributed by atoms with Crippen LogP contribution in [0.1, 0.15) is 32.6 Å². The summed E-state index contributed by atoms with van der Waals surface area (Å²) < 4.78 is 6.48. The molecule has 1 aromatic heterocycles. The van der Waals surface area contributed by atoms with Crippen molar-refractivity contribution in [2.24, 2.45) is 5.92 Å². The maximum atomic E-state index is 11.9. The first-order valence-electron chi connectivity index (χ1n) is 7.66. The second kappa shape index (κ2) is 6.48. The normalized spacial score (nSPS) is 22.1. The van der Waals surface area contributed by atoms with Crippen molar-refractivity contribution in [3.05, 3.63) is 29.6 Å². The van der Waals surface area contributed by atoms with Gasteiger partial charge in [-0.05, 0) is 61.2 Å². The lowest BCUT2D eigenvalue weighted by atomic mass is 9.85. The molecule has 1 saturated carbocycles. The first-order valence-corrected chi connectivity index (χ1v) is 8.54. The molecule has 2 unspecified atom stereocenters. The summed E-state index contributed by atoms with van der Waals surface area (Å²) in [7, 11) is 0. The van der Waals surface area contributed by atoms with Gasteiger partial charge in [-0.1, -0.05) is 6.42 Å². The third kappa shape index (κ3) is 3.38. The van der Waals surface area contributed by atoms with Gasteiger partial charge in [0.05, 0.1) is 12.5 Å². The van der Waals surface area contributed by atoms with E-state index in [2.05, 4.69) is 35.0 Å². The van der Waals surface area contributed by atoms with Crippen molar-refractivity contribution in [1.29, 1.82) is 0 Å². The number of hydrogen-bond acceptors (Lipinski definition) is 4. The Balaban J connectivity index is 1.65. The third-order valence-electron chi connectivity index (χ3n) is 4.12. The van der Waals surface area contributed by atoms with E-state index in [0.29, 0.717) is 12.6 Å². The zero-order valence-corrected chi connectivity index (χ0v) is 13.1. The van der Waals surface area contributed by atoms with Crippen molar-refractivity contribution < 1.29 is 9.53 Å². The van der Waals surface area contributed by atoms with Gasteiger partial charge >= 0.3 is 5.97 Å². The number of hydrogen-bond donors (Lipinski definition) is 1. The molecule has 3 nitrogen and oxygen atoms in total. The lowest BCUT2D eigenvalue weighted by molar-refractivity contribution is -0.149. The van der Waals surface area contributed by atoms with Crippen LogP contribution >= 0.6 is 11.3 Å². The Morgan fingerprint density at radius 2 is 2.29 bits per heavy atom. The van der Waals surface area contributed by atoms with Crippen molar-refractivity contribution in [1.82, 2.24) is 0 Å². The summed E-state index contributed by atoms with van der Waals surface area (Å²) in [5.41, 5.74) is 1.15. The Kier molecular flexibility index (Phi) is 4.44. The number of benzene rings is 1. The van der Waals surface area contributed by atoms with Gasteiger partial charge in [0, 0.05) is 16.4 Å². The lowest BCUT2D eigenvalue weighted by Gasteiger charge is -2.29. The topological polar surface area (TPSA) is 38.3 Å². The summed E-state index contributed by atoms with van der Waals surface area (Å²) in [6.45, 7) is 2.34. The number of thiophene rings is 1. The molecule has 1 fully saturated rings. The first-order chi connectivity index (χ1) is 10.3. The fourth-order valence-corrected chi connectivity index (χ4v) is 3.86. The minimum absolute atomic E-state index is 0.0303. The molecule has 1 heterocycles. The van der Waals surface area contributed by atoms with Crippen molar-refractivity contribution in [2.45, 2.75) is 38.6 Å². The smallest absolute Gasteiger partial charge is 0.308 e. The first kappa shape index (κ1) is 14.4. The van der Waals surface area contributed by atoms with Gasteiger partial charge in [-0.15, -0.1) is 11.3 Å². The van der Waals surface area contributed by atoms with E-state index in [9.17, 15) is 4.79 Å². The molecule has 3 rings (SSSR count). The second-order valence-corrected chi connectivity index (χ2v) is 6.58. The second-order valence-electron chi connectivity index (χ2n) is 5.63. The lowest BCUT2D eigenvalue weighted by Crippen LogP contribution is -2.32. The van der Waals surface area contributed by atoms with Crippen molar-refractivity contribution in [2.75, 3.05) is 11.9 Å². The fraction of sp³-hybridized carbons (Fsp3) is 0.471. The van der Waals surface area contributed by atoms with Gasteiger partial charge < -0.3 is 10.1 Å². The van der Waals surface area contributed by atoms with E-state index in [1.54, 1.807) is 11.3 Å². The average Bonchev–Trinajstić information content (AvgIpc) is 2.95. The summed E-state index contributed by atoms with van der Waals surface area (Å²) in [5.74, 6) is 0.0263. The van der Waals surface area contributed by atoms with E-state index in [4.69, 9.17) is 4.74 Å². The molecule has 0 amide bonds. The number of rotatable bonds is 4. The summed E-state index contributed by atoms with van der Waals surface area (Å²) in [5, 5.41) is 6.98. The predicted molar refractivity (Wildman–Crippen MR) is 87.8 cm³/mol. The van der Waals surface area contributed by atoms with Crippen LogP contribution in [0.4, 0.5) is 5.69 Å². The standard InChI is InChI=1S/C17H21NO2S/c1-2-20-17(19)13-4-3-5-14(11-13)18-15-6-7-16-12(10-15)8-9-21-16/h6-10,13-14,18H,2-5,11H2,1H3. The van der Waals surface area contributed by atoms with Gasteiger partial charge in [0.25, 0.3) is 0 Å². The van der Waals surface area contributed by atoms with E-state index >= 15 is 0 Å². The third-order valence-corrected chi connectivity index (χ3v) is 5.02. The Hall–Kier alpha value is -1.55. The molecule has 0 saturated heterocycles. The maximum absolute atomic E-state index is 11.9. The molecule has 112 valence electrons. The molecule has 0 spiro atoms. The molecule has 0 bridgehead atoms. The number of ether oxygens (including phenoxy) is 1. The zero-order valence-electron chi connectivity index (χ0n) is 12.3. The molecule has 4 heteroatoms. The van der Waals surface area contributed by atoms with E-state index < -0.39 is 0 Å². The monoisotopic (exact) mass is 303 g/mol. The quantitative estimate of drug-likeness (QED) is 0.849. The minimum Gasteiger partial charge on any atom is -0.466 e. The number of nitrogens with one attached hydrogen (secondary N) is 1. The summed E-state index contributed by atoms with van der Waals surface area (Å²) in [6.07, 6.45) is 4.04. The Bertz CT molecular complexity index is 622. The van der Waals surface area contributed by atoms with Gasteiger partial charge in [-0.25, -0.2) is 0 Å².